The molecule has 7 heteroatoms. The number of aromatic nitrogens is 3. The van der Waals surface area contributed by atoms with Crippen molar-refractivity contribution < 1.29 is 9.90 Å². The molecule has 0 fully saturated rings. The van der Waals surface area contributed by atoms with E-state index in [1.165, 1.54) is 4.90 Å². The van der Waals surface area contributed by atoms with Crippen molar-refractivity contribution in [1.29, 1.82) is 0 Å². The Bertz CT molecular complexity index is 1540. The number of benzene rings is 3. The predicted octanol–water partition coefficient (Wildman–Crippen LogP) is 4.00. The van der Waals surface area contributed by atoms with Gasteiger partial charge in [-0.25, -0.2) is 4.68 Å². The summed E-state index contributed by atoms with van der Waals surface area (Å²) in [7, 11) is 1.64. The first kappa shape index (κ1) is 22.3. The lowest BCUT2D eigenvalue weighted by atomic mass is 10.1. The fraction of sp³-hybridized carbons (Fsp3) is 0.107. The zero-order valence-electron chi connectivity index (χ0n) is 19.2. The van der Waals surface area contributed by atoms with E-state index in [2.05, 4.69) is 5.10 Å². The van der Waals surface area contributed by atoms with Crippen LogP contribution in [-0.4, -0.2) is 32.4 Å². The summed E-state index contributed by atoms with van der Waals surface area (Å²) in [5, 5.41) is 14.3. The molecule has 5 aromatic rings. The zero-order valence-corrected chi connectivity index (χ0v) is 19.2. The molecule has 0 saturated heterocycles. The van der Waals surface area contributed by atoms with Crippen molar-refractivity contribution in [3.63, 3.8) is 0 Å². The van der Waals surface area contributed by atoms with E-state index < -0.39 is 0 Å². The molecule has 35 heavy (non-hydrogen) atoms. The standard InChI is InChI=1S/C28H24N4O3/c1-30(23-11-9-21(19-33)10-12-23)27(34)25-17-22-5-2-3-6-26(22)31(28(25)35)18-20-7-13-24(14-8-20)32-16-4-15-29-32/h2-17,33H,18-19H2,1H3. The van der Waals surface area contributed by atoms with Gasteiger partial charge >= 0.3 is 0 Å². The number of hydrogen-bond acceptors (Lipinski definition) is 4. The smallest absolute Gasteiger partial charge is 0.264 e. The molecule has 3 aromatic carbocycles. The first-order valence-electron chi connectivity index (χ1n) is 11.2. The quantitative estimate of drug-likeness (QED) is 0.412. The predicted molar refractivity (Wildman–Crippen MR) is 136 cm³/mol. The third kappa shape index (κ3) is 4.37. The maximum Gasteiger partial charge on any atom is 0.264 e. The van der Waals surface area contributed by atoms with Crippen molar-refractivity contribution in [2.75, 3.05) is 11.9 Å². The number of nitrogens with zero attached hydrogens (tertiary/aromatic N) is 4. The summed E-state index contributed by atoms with van der Waals surface area (Å²) in [5.74, 6) is -0.389. The maximum atomic E-state index is 13.6. The van der Waals surface area contributed by atoms with Crippen molar-refractivity contribution in [2.45, 2.75) is 13.2 Å². The molecule has 0 unspecified atom stereocenters. The van der Waals surface area contributed by atoms with E-state index in [9.17, 15) is 14.7 Å². The summed E-state index contributed by atoms with van der Waals surface area (Å²) < 4.78 is 3.42. The van der Waals surface area contributed by atoms with Gasteiger partial charge in [0.1, 0.15) is 5.56 Å². The van der Waals surface area contributed by atoms with Crippen LogP contribution < -0.4 is 10.5 Å². The van der Waals surface area contributed by atoms with Gasteiger partial charge in [0.25, 0.3) is 11.5 Å². The second-order valence-electron chi connectivity index (χ2n) is 8.31. The summed E-state index contributed by atoms with van der Waals surface area (Å²) in [5.41, 5.74) is 3.77. The second kappa shape index (κ2) is 9.40. The first-order chi connectivity index (χ1) is 17.0. The van der Waals surface area contributed by atoms with Gasteiger partial charge in [-0.1, -0.05) is 42.5 Å². The van der Waals surface area contributed by atoms with Crippen LogP contribution in [0.5, 0.6) is 0 Å². The highest BCUT2D eigenvalue weighted by molar-refractivity contribution is 6.07. The monoisotopic (exact) mass is 464 g/mol. The Morgan fingerprint density at radius 3 is 2.34 bits per heavy atom. The van der Waals surface area contributed by atoms with Gasteiger partial charge in [0, 0.05) is 25.1 Å². The van der Waals surface area contributed by atoms with E-state index >= 15 is 0 Å². The van der Waals surface area contributed by atoms with E-state index in [1.54, 1.807) is 52.8 Å². The van der Waals surface area contributed by atoms with Crippen LogP contribution >= 0.6 is 0 Å². The van der Waals surface area contributed by atoms with Gasteiger partial charge in [-0.2, -0.15) is 5.10 Å². The van der Waals surface area contributed by atoms with E-state index in [-0.39, 0.29) is 23.6 Å². The van der Waals surface area contributed by atoms with E-state index in [4.69, 9.17) is 0 Å². The molecule has 0 spiro atoms. The van der Waals surface area contributed by atoms with E-state index in [0.717, 1.165) is 27.7 Å². The molecule has 1 N–H and O–H groups in total. The number of hydrogen-bond donors (Lipinski definition) is 1. The van der Waals surface area contributed by atoms with Crippen LogP contribution in [0.15, 0.2) is 102 Å². The lowest BCUT2D eigenvalue weighted by Crippen LogP contribution is -2.34. The average molecular weight is 465 g/mol. The van der Waals surface area contributed by atoms with Crippen LogP contribution in [0, 0.1) is 0 Å². The highest BCUT2D eigenvalue weighted by atomic mass is 16.3. The lowest BCUT2D eigenvalue weighted by molar-refractivity contribution is 0.0991. The topological polar surface area (TPSA) is 80.4 Å². The number of carbonyl (C=O) groups is 1. The fourth-order valence-electron chi connectivity index (χ4n) is 4.12. The van der Waals surface area contributed by atoms with Crippen molar-refractivity contribution in [2.24, 2.45) is 0 Å². The van der Waals surface area contributed by atoms with Crippen molar-refractivity contribution >= 4 is 22.5 Å². The molecule has 2 heterocycles. The van der Waals surface area contributed by atoms with Gasteiger partial charge in [-0.3, -0.25) is 9.59 Å². The number of para-hydroxylation sites is 1. The van der Waals surface area contributed by atoms with Crippen LogP contribution in [0.3, 0.4) is 0 Å². The molecule has 0 saturated carbocycles. The van der Waals surface area contributed by atoms with Crippen LogP contribution in [0.4, 0.5) is 5.69 Å². The fourth-order valence-corrected chi connectivity index (χ4v) is 4.12. The molecule has 0 bridgehead atoms. The number of fused-ring (bicyclic) bond motifs is 1. The van der Waals surface area contributed by atoms with Crippen LogP contribution in [0.2, 0.25) is 0 Å². The second-order valence-corrected chi connectivity index (χ2v) is 8.31. The third-order valence-corrected chi connectivity index (χ3v) is 6.09. The van der Waals surface area contributed by atoms with Gasteiger partial charge in [-0.05, 0) is 59.0 Å². The highest BCUT2D eigenvalue weighted by Crippen LogP contribution is 2.20. The third-order valence-electron chi connectivity index (χ3n) is 6.09. The Hall–Kier alpha value is -4.49. The molecule has 2 aromatic heterocycles. The van der Waals surface area contributed by atoms with E-state index in [0.29, 0.717) is 12.2 Å². The summed E-state index contributed by atoms with van der Waals surface area (Å²) in [6, 6.07) is 25.9. The molecule has 7 nitrogen and oxygen atoms in total. The van der Waals surface area contributed by atoms with Gasteiger partial charge in [0.15, 0.2) is 0 Å². The number of carbonyl (C=O) groups excluding carboxylic acids is 1. The van der Waals surface area contributed by atoms with Crippen molar-refractivity contribution in [3.8, 4) is 5.69 Å². The van der Waals surface area contributed by atoms with Gasteiger partial charge in [-0.15, -0.1) is 0 Å². The van der Waals surface area contributed by atoms with Gasteiger partial charge in [0.05, 0.1) is 24.4 Å². The van der Waals surface area contributed by atoms with Crippen LogP contribution in [0.25, 0.3) is 16.6 Å². The van der Waals surface area contributed by atoms with Gasteiger partial charge < -0.3 is 14.6 Å². The average Bonchev–Trinajstić information content (AvgIpc) is 3.45. The molecule has 0 atom stereocenters. The number of aliphatic hydroxyl groups excluding tert-OH is 1. The minimum absolute atomic E-state index is 0.0732. The number of pyridine rings is 1. The Balaban J connectivity index is 1.52. The van der Waals surface area contributed by atoms with Crippen LogP contribution in [0.1, 0.15) is 21.5 Å². The number of anilines is 1. The van der Waals surface area contributed by atoms with E-state index in [1.807, 2.05) is 60.8 Å². The Morgan fingerprint density at radius 2 is 1.66 bits per heavy atom. The summed E-state index contributed by atoms with van der Waals surface area (Å²) in [4.78, 5) is 28.4. The molecule has 0 aliphatic rings. The minimum atomic E-state index is -0.389. The highest BCUT2D eigenvalue weighted by Gasteiger charge is 2.20. The summed E-state index contributed by atoms with van der Waals surface area (Å²) in [6.07, 6.45) is 3.59. The Kier molecular flexibility index (Phi) is 5.99. The molecule has 0 aliphatic carbocycles. The summed E-state index contributed by atoms with van der Waals surface area (Å²) >= 11 is 0. The number of aliphatic hydroxyl groups is 1. The Morgan fingerprint density at radius 1 is 0.943 bits per heavy atom. The Labute approximate surface area is 202 Å². The van der Waals surface area contributed by atoms with Gasteiger partial charge in [0.2, 0.25) is 0 Å². The largest absolute Gasteiger partial charge is 0.392 e. The molecule has 174 valence electrons. The minimum Gasteiger partial charge on any atom is -0.392 e. The molecule has 0 aliphatic heterocycles. The summed E-state index contributed by atoms with van der Waals surface area (Å²) in [6.45, 7) is 0.255. The molecule has 1 amide bonds. The molecule has 5 rings (SSSR count). The van der Waals surface area contributed by atoms with Crippen LogP contribution in [-0.2, 0) is 13.2 Å². The first-order valence-corrected chi connectivity index (χ1v) is 11.2. The normalized spacial score (nSPS) is 11.0. The molecular formula is C28H24N4O3. The zero-order chi connectivity index (χ0) is 24.4. The SMILES string of the molecule is CN(C(=O)c1cc2ccccc2n(Cc2ccc(-n3cccn3)cc2)c1=O)c1ccc(CO)cc1. The maximum absolute atomic E-state index is 13.6. The van der Waals surface area contributed by atoms with Crippen molar-refractivity contribution in [3.05, 3.63) is 124 Å². The molecular weight excluding hydrogens is 440 g/mol. The number of amides is 1. The molecule has 0 radical (unpaired) electrons. The number of rotatable bonds is 6. The van der Waals surface area contributed by atoms with Crippen molar-refractivity contribution in [1.82, 2.24) is 14.3 Å². The lowest BCUT2D eigenvalue weighted by Gasteiger charge is -2.19.